The summed E-state index contributed by atoms with van der Waals surface area (Å²) in [6, 6.07) is 22.5. The van der Waals surface area contributed by atoms with Crippen LogP contribution in [0.1, 0.15) is 27.1 Å². The summed E-state index contributed by atoms with van der Waals surface area (Å²) >= 11 is 0. The lowest BCUT2D eigenvalue weighted by Gasteiger charge is -2.42. The van der Waals surface area contributed by atoms with Crippen molar-refractivity contribution in [1.29, 1.82) is 0 Å². The number of rotatable bonds is 6. The van der Waals surface area contributed by atoms with Crippen LogP contribution in [-0.2, 0) is 4.74 Å². The monoisotopic (exact) mass is 533 g/mol. The van der Waals surface area contributed by atoms with E-state index in [2.05, 4.69) is 27.7 Å². The lowest BCUT2D eigenvalue weighted by molar-refractivity contribution is 0.0454. The van der Waals surface area contributed by atoms with Crippen LogP contribution in [0.25, 0.3) is 11.1 Å². The summed E-state index contributed by atoms with van der Waals surface area (Å²) in [5.41, 5.74) is 5.55. The molecule has 2 atom stereocenters. The molecular formula is C33H31N3O4. The van der Waals surface area contributed by atoms with Crippen molar-refractivity contribution < 1.29 is 19.1 Å². The van der Waals surface area contributed by atoms with E-state index in [4.69, 9.17) is 9.47 Å². The van der Waals surface area contributed by atoms with Gasteiger partial charge in [-0.2, -0.15) is 0 Å². The molecule has 0 aromatic heterocycles. The van der Waals surface area contributed by atoms with Gasteiger partial charge in [0.15, 0.2) is 5.78 Å². The number of nitrogens with one attached hydrogen (secondary N) is 2. The number of allylic oxidation sites excluding steroid dienone is 1. The molecule has 7 heteroatoms. The second kappa shape index (κ2) is 11.2. The normalized spacial score (nSPS) is 19.7. The Morgan fingerprint density at radius 3 is 2.67 bits per heavy atom. The third kappa shape index (κ3) is 4.92. The number of hydrogen-bond donors (Lipinski definition) is 2. The Morgan fingerprint density at radius 1 is 1.00 bits per heavy atom. The first-order valence-electron chi connectivity index (χ1n) is 13.5. The smallest absolute Gasteiger partial charge is 0.256 e. The minimum Gasteiger partial charge on any atom is -0.496 e. The largest absolute Gasteiger partial charge is 0.496 e. The molecule has 1 saturated heterocycles. The van der Waals surface area contributed by atoms with E-state index in [9.17, 15) is 9.59 Å². The zero-order valence-electron chi connectivity index (χ0n) is 22.3. The molecule has 1 fully saturated rings. The molecule has 3 aromatic rings. The Morgan fingerprint density at radius 2 is 1.82 bits per heavy atom. The number of morpholine rings is 1. The van der Waals surface area contributed by atoms with Crippen molar-refractivity contribution in [2.75, 3.05) is 32.2 Å². The van der Waals surface area contributed by atoms with Crippen LogP contribution < -0.4 is 15.4 Å². The van der Waals surface area contributed by atoms with Crippen LogP contribution in [-0.4, -0.2) is 49.5 Å². The quantitative estimate of drug-likeness (QED) is 0.413. The third-order valence-corrected chi connectivity index (χ3v) is 7.67. The van der Waals surface area contributed by atoms with Crippen molar-refractivity contribution in [3.8, 4) is 16.9 Å². The molecule has 1 amide bonds. The van der Waals surface area contributed by atoms with Gasteiger partial charge in [0.2, 0.25) is 0 Å². The van der Waals surface area contributed by atoms with Gasteiger partial charge in [-0.1, -0.05) is 60.7 Å². The number of benzene rings is 3. The fraction of sp³-hybridized carbons (Fsp3) is 0.212. The van der Waals surface area contributed by atoms with Gasteiger partial charge >= 0.3 is 0 Å². The number of Topliss-reactive ketones (excluding diaryl/α,β-unsaturated/α-hetero) is 1. The first-order valence-corrected chi connectivity index (χ1v) is 13.5. The van der Waals surface area contributed by atoms with Gasteiger partial charge < -0.3 is 25.0 Å². The summed E-state index contributed by atoms with van der Waals surface area (Å²) in [6.45, 7) is 1.86. The Kier molecular flexibility index (Phi) is 7.21. The van der Waals surface area contributed by atoms with Crippen LogP contribution in [0.3, 0.4) is 0 Å². The maximum absolute atomic E-state index is 14.1. The van der Waals surface area contributed by atoms with Crippen LogP contribution in [0.4, 0.5) is 5.69 Å². The van der Waals surface area contributed by atoms with E-state index < -0.39 is 0 Å². The number of anilines is 1. The van der Waals surface area contributed by atoms with Crippen molar-refractivity contribution >= 4 is 17.4 Å². The minimum atomic E-state index is -0.287. The molecule has 1 aliphatic carbocycles. The Balaban J connectivity index is 1.26. The lowest BCUT2D eigenvalue weighted by atomic mass is 9.79. The maximum atomic E-state index is 14.1. The molecule has 7 nitrogen and oxygen atoms in total. The molecule has 2 N–H and O–H groups in total. The average molecular weight is 534 g/mol. The second-order valence-corrected chi connectivity index (χ2v) is 10.0. The SMILES string of the molecule is COc1cc(NC(=O)c2ccccc2-c2ccccc2)ccc1C(=O)C1CC=CC2=CNC=C3COCCN3C21. The Hall–Kier alpha value is -4.62. The van der Waals surface area contributed by atoms with E-state index >= 15 is 0 Å². The Bertz CT molecular complexity index is 1530. The van der Waals surface area contributed by atoms with Gasteiger partial charge in [0.1, 0.15) is 5.75 Å². The number of methoxy groups -OCH3 is 1. The van der Waals surface area contributed by atoms with E-state index in [1.165, 1.54) is 0 Å². The summed E-state index contributed by atoms with van der Waals surface area (Å²) < 4.78 is 11.4. The first-order chi connectivity index (χ1) is 19.6. The fourth-order valence-corrected chi connectivity index (χ4v) is 5.76. The summed E-state index contributed by atoms with van der Waals surface area (Å²) in [7, 11) is 1.55. The van der Waals surface area contributed by atoms with Crippen molar-refractivity contribution in [1.82, 2.24) is 10.2 Å². The zero-order valence-corrected chi connectivity index (χ0v) is 22.3. The van der Waals surface area contributed by atoms with Gasteiger partial charge in [-0.15, -0.1) is 0 Å². The molecule has 40 heavy (non-hydrogen) atoms. The third-order valence-electron chi connectivity index (χ3n) is 7.67. The van der Waals surface area contributed by atoms with E-state index in [-0.39, 0.29) is 23.7 Å². The molecule has 2 unspecified atom stereocenters. The lowest BCUT2D eigenvalue weighted by Crippen LogP contribution is -2.48. The molecule has 2 aliphatic heterocycles. The number of hydrogen-bond acceptors (Lipinski definition) is 6. The number of amides is 1. The van der Waals surface area contributed by atoms with Crippen LogP contribution in [0.15, 0.2) is 109 Å². The van der Waals surface area contributed by atoms with Crippen LogP contribution in [0.5, 0.6) is 5.75 Å². The number of carbonyl (C=O) groups is 2. The van der Waals surface area contributed by atoms with Crippen LogP contribution >= 0.6 is 0 Å². The molecule has 6 rings (SSSR count). The first kappa shape index (κ1) is 25.6. The number of nitrogens with zero attached hydrogens (tertiary/aromatic N) is 1. The minimum absolute atomic E-state index is 0.0112. The molecular weight excluding hydrogens is 502 g/mol. The van der Waals surface area contributed by atoms with E-state index in [0.717, 1.165) is 28.9 Å². The highest BCUT2D eigenvalue weighted by molar-refractivity contribution is 6.09. The van der Waals surface area contributed by atoms with Gasteiger partial charge in [0, 0.05) is 36.3 Å². The number of fused-ring (bicyclic) bond motifs is 3. The molecule has 3 aromatic carbocycles. The molecule has 0 saturated carbocycles. The Labute approximate surface area is 233 Å². The molecule has 3 aliphatic rings. The van der Waals surface area contributed by atoms with Gasteiger partial charge in [-0.05, 0) is 41.3 Å². The van der Waals surface area contributed by atoms with E-state index in [1.807, 2.05) is 67.0 Å². The zero-order chi connectivity index (χ0) is 27.5. The standard InChI is InChI=1S/C33H31N3O4/c1-39-30-18-24(35-33(38)27-12-6-5-11-26(27)22-8-3-2-4-9-22)14-15-28(30)32(37)29-13-7-10-23-19-34-20-25-21-40-17-16-36(25)31(23)29/h2-12,14-15,18-20,29,31,34H,13,16-17,21H2,1H3,(H,35,38). The second-order valence-electron chi connectivity index (χ2n) is 10.0. The number of ketones is 1. The highest BCUT2D eigenvalue weighted by Gasteiger charge is 2.39. The highest BCUT2D eigenvalue weighted by atomic mass is 16.5. The topological polar surface area (TPSA) is 79.9 Å². The van der Waals surface area contributed by atoms with Crippen molar-refractivity contribution in [2.24, 2.45) is 5.92 Å². The van der Waals surface area contributed by atoms with Gasteiger partial charge in [-0.3, -0.25) is 9.59 Å². The van der Waals surface area contributed by atoms with E-state index in [0.29, 0.717) is 42.2 Å². The number of ether oxygens (including phenoxy) is 2. The van der Waals surface area contributed by atoms with Crippen molar-refractivity contribution in [3.63, 3.8) is 0 Å². The molecule has 2 heterocycles. The summed E-state index contributed by atoms with van der Waals surface area (Å²) in [5.74, 6) is -0.0732. The average Bonchev–Trinajstić information content (AvgIpc) is 3.20. The van der Waals surface area contributed by atoms with E-state index in [1.54, 1.807) is 25.3 Å². The molecule has 202 valence electrons. The van der Waals surface area contributed by atoms with Crippen LogP contribution in [0, 0.1) is 5.92 Å². The molecule has 0 radical (unpaired) electrons. The number of carbonyl (C=O) groups excluding carboxylic acids is 2. The van der Waals surface area contributed by atoms with Crippen molar-refractivity contribution in [3.05, 3.63) is 120 Å². The highest BCUT2D eigenvalue weighted by Crippen LogP contribution is 2.37. The van der Waals surface area contributed by atoms with Crippen molar-refractivity contribution in [2.45, 2.75) is 12.5 Å². The fourth-order valence-electron chi connectivity index (χ4n) is 5.76. The maximum Gasteiger partial charge on any atom is 0.256 e. The summed E-state index contributed by atoms with van der Waals surface area (Å²) in [5, 5.41) is 6.24. The van der Waals surface area contributed by atoms with Gasteiger partial charge in [0.25, 0.3) is 5.91 Å². The molecule has 0 bridgehead atoms. The predicted molar refractivity (Wildman–Crippen MR) is 155 cm³/mol. The van der Waals surface area contributed by atoms with Gasteiger partial charge in [0.05, 0.1) is 43.5 Å². The summed E-state index contributed by atoms with van der Waals surface area (Å²) in [6.07, 6.45) is 8.70. The van der Waals surface area contributed by atoms with Crippen LogP contribution in [0.2, 0.25) is 0 Å². The van der Waals surface area contributed by atoms with Gasteiger partial charge in [-0.25, -0.2) is 0 Å². The molecule has 0 spiro atoms. The summed E-state index contributed by atoms with van der Waals surface area (Å²) in [4.78, 5) is 29.7. The predicted octanol–water partition coefficient (Wildman–Crippen LogP) is 5.40.